The predicted octanol–water partition coefficient (Wildman–Crippen LogP) is -7.43. The summed E-state index contributed by atoms with van der Waals surface area (Å²) in [5, 5.41) is 102. The van der Waals surface area contributed by atoms with Gasteiger partial charge in [0.25, 0.3) is 0 Å². The average Bonchev–Trinajstić information content (AvgIpc) is 2.86. The van der Waals surface area contributed by atoms with E-state index in [1.165, 1.54) is 0 Å². The molecule has 0 saturated carbocycles. The van der Waals surface area contributed by atoms with Crippen LogP contribution in [-0.4, -0.2) is 169 Å². The van der Waals surface area contributed by atoms with Crippen molar-refractivity contribution < 1.29 is 79.5 Å². The van der Waals surface area contributed by atoms with Gasteiger partial charge in [-0.05, 0) is 0 Å². The van der Waals surface area contributed by atoms with Gasteiger partial charge >= 0.3 is 0 Å². The minimum absolute atomic E-state index is 0.564. The molecule has 37 heavy (non-hydrogen) atoms. The molecule has 1 amide bonds. The van der Waals surface area contributed by atoms with Gasteiger partial charge in [-0.25, -0.2) is 0 Å². The smallest absolute Gasteiger partial charge is 0.217 e. The fourth-order valence-electron chi connectivity index (χ4n) is 4.36. The van der Waals surface area contributed by atoms with Crippen LogP contribution in [0.2, 0.25) is 0 Å². The summed E-state index contributed by atoms with van der Waals surface area (Å²) >= 11 is 0. The number of hydrogen-bond acceptors (Lipinski definition) is 16. The van der Waals surface area contributed by atoms with Gasteiger partial charge in [-0.1, -0.05) is 0 Å². The summed E-state index contributed by atoms with van der Waals surface area (Å²) in [4.78, 5) is 11.8. The molecule has 0 radical (unpaired) electrons. The van der Waals surface area contributed by atoms with E-state index in [9.17, 15) is 55.9 Å². The SMILES string of the molecule is CC(=O)N[C@H]1[C@H](OC[C@H]2OC(O)[C@@H](O)[C@@H](O)[C@@H]2O)O[C@H](CO)[C@@H](O[C@@H]2O[C@H](CO)[C@H](O)[C@H](O)[C@H]2O)[C@@H]1O. The molecule has 0 aromatic heterocycles. The minimum atomic E-state index is -1.84. The van der Waals surface area contributed by atoms with Crippen molar-refractivity contribution in [2.45, 2.75) is 99.0 Å². The van der Waals surface area contributed by atoms with Crippen molar-refractivity contribution >= 4 is 5.91 Å². The van der Waals surface area contributed by atoms with Crippen LogP contribution in [-0.2, 0) is 28.5 Å². The molecule has 3 saturated heterocycles. The Hall–Kier alpha value is -1.13. The summed E-state index contributed by atoms with van der Waals surface area (Å²) in [6, 6.07) is -1.38. The van der Waals surface area contributed by atoms with Crippen LogP contribution in [0.5, 0.6) is 0 Å². The molecule has 3 aliphatic rings. The maximum Gasteiger partial charge on any atom is 0.217 e. The lowest BCUT2D eigenvalue weighted by molar-refractivity contribution is -0.352. The Kier molecular flexibility index (Phi) is 10.5. The number of nitrogens with one attached hydrogen (secondary N) is 1. The predicted molar refractivity (Wildman–Crippen MR) is 113 cm³/mol. The van der Waals surface area contributed by atoms with Gasteiger partial charge in [-0.2, -0.15) is 0 Å². The fraction of sp³-hybridized carbons (Fsp3) is 0.950. The average molecular weight is 545 g/mol. The van der Waals surface area contributed by atoms with E-state index in [4.69, 9.17) is 23.7 Å². The third-order valence-corrected chi connectivity index (χ3v) is 6.47. The van der Waals surface area contributed by atoms with Crippen LogP contribution in [0.3, 0.4) is 0 Å². The quantitative estimate of drug-likeness (QED) is 0.135. The van der Waals surface area contributed by atoms with E-state index in [0.29, 0.717) is 0 Å². The molecule has 0 aromatic rings. The van der Waals surface area contributed by atoms with Crippen LogP contribution >= 0.6 is 0 Å². The fourth-order valence-corrected chi connectivity index (χ4v) is 4.36. The van der Waals surface area contributed by atoms with E-state index in [0.717, 1.165) is 6.92 Å². The lowest BCUT2D eigenvalue weighted by Gasteiger charge is -2.47. The lowest BCUT2D eigenvalue weighted by atomic mass is 9.95. The number of carbonyl (C=O) groups is 1. The van der Waals surface area contributed by atoms with Gasteiger partial charge < -0.3 is 80.1 Å². The Balaban J connectivity index is 1.74. The summed E-state index contributed by atoms with van der Waals surface area (Å²) in [7, 11) is 0. The van der Waals surface area contributed by atoms with Gasteiger partial charge in [0.2, 0.25) is 5.91 Å². The Labute approximate surface area is 210 Å². The van der Waals surface area contributed by atoms with E-state index in [2.05, 4.69) is 5.32 Å². The zero-order chi connectivity index (χ0) is 27.6. The molecule has 11 N–H and O–H groups in total. The van der Waals surface area contributed by atoms with Crippen LogP contribution in [0.4, 0.5) is 0 Å². The molecule has 0 aliphatic carbocycles. The molecule has 15 atom stereocenters. The Bertz CT molecular complexity index is 745. The molecule has 216 valence electrons. The highest BCUT2D eigenvalue weighted by molar-refractivity contribution is 5.73. The van der Waals surface area contributed by atoms with E-state index in [1.54, 1.807) is 0 Å². The summed E-state index contributed by atoms with van der Waals surface area (Å²) in [5.41, 5.74) is 0. The Morgan fingerprint density at radius 1 is 0.703 bits per heavy atom. The standard InChI is InChI=1S/C20H35NO16/c1-5(24)21-9-12(27)17(37-20-16(31)14(29)10(25)6(2-22)35-20)7(3-23)36-19(9)33-4-8-11(26)13(28)15(30)18(32)34-8/h6-20,22-23,25-32H,2-4H2,1H3,(H,21,24)/t6-,7-,8-,9-,10+,11-,12-,13+,14+,15+,16-,17-,18?,19-,20+/m1/s1. The van der Waals surface area contributed by atoms with Crippen LogP contribution in [0, 0.1) is 0 Å². The van der Waals surface area contributed by atoms with Crippen molar-refractivity contribution in [2.75, 3.05) is 19.8 Å². The molecule has 17 heteroatoms. The zero-order valence-electron chi connectivity index (χ0n) is 19.7. The van der Waals surface area contributed by atoms with Crippen LogP contribution in [0.25, 0.3) is 0 Å². The molecule has 0 aromatic carbocycles. The van der Waals surface area contributed by atoms with Crippen LogP contribution in [0.1, 0.15) is 6.92 Å². The number of hydrogen-bond donors (Lipinski definition) is 11. The second-order valence-corrected chi connectivity index (χ2v) is 9.11. The third-order valence-electron chi connectivity index (χ3n) is 6.47. The van der Waals surface area contributed by atoms with Gasteiger partial charge in [0, 0.05) is 6.92 Å². The molecule has 1 unspecified atom stereocenters. The zero-order valence-corrected chi connectivity index (χ0v) is 19.7. The van der Waals surface area contributed by atoms with E-state index < -0.39 is 118 Å². The summed E-state index contributed by atoms with van der Waals surface area (Å²) < 4.78 is 27.0. The first-order chi connectivity index (χ1) is 17.4. The molecule has 3 fully saturated rings. The first kappa shape index (κ1) is 30.4. The number of aliphatic hydroxyl groups is 10. The number of amides is 1. The lowest BCUT2D eigenvalue weighted by Crippen LogP contribution is -2.68. The molecule has 3 aliphatic heterocycles. The topological polar surface area (TPSA) is 278 Å². The molecular formula is C20H35NO16. The molecule has 0 bridgehead atoms. The monoisotopic (exact) mass is 545 g/mol. The first-order valence-electron chi connectivity index (χ1n) is 11.6. The molecule has 3 heterocycles. The van der Waals surface area contributed by atoms with Gasteiger partial charge in [0.15, 0.2) is 18.9 Å². The van der Waals surface area contributed by atoms with E-state index in [-0.39, 0.29) is 0 Å². The van der Waals surface area contributed by atoms with Gasteiger partial charge in [0.05, 0.1) is 19.8 Å². The highest BCUT2D eigenvalue weighted by Crippen LogP contribution is 2.30. The summed E-state index contributed by atoms with van der Waals surface area (Å²) in [5.74, 6) is -0.641. The summed E-state index contributed by atoms with van der Waals surface area (Å²) in [6.07, 6.45) is -22.7. The van der Waals surface area contributed by atoms with Crippen molar-refractivity contribution in [2.24, 2.45) is 0 Å². The number of rotatable bonds is 8. The Morgan fingerprint density at radius 2 is 1.27 bits per heavy atom. The van der Waals surface area contributed by atoms with Crippen molar-refractivity contribution in [3.63, 3.8) is 0 Å². The maximum atomic E-state index is 11.8. The van der Waals surface area contributed by atoms with Crippen molar-refractivity contribution in [1.29, 1.82) is 0 Å². The van der Waals surface area contributed by atoms with E-state index in [1.807, 2.05) is 0 Å². The molecule has 3 rings (SSSR count). The number of ether oxygens (including phenoxy) is 5. The number of carbonyl (C=O) groups excluding carboxylic acids is 1. The summed E-state index contributed by atoms with van der Waals surface area (Å²) in [6.45, 7) is -0.959. The second-order valence-electron chi connectivity index (χ2n) is 9.11. The normalized spacial score (nSPS) is 49.0. The molecule has 17 nitrogen and oxygen atoms in total. The van der Waals surface area contributed by atoms with Crippen LogP contribution < -0.4 is 5.32 Å². The second kappa shape index (κ2) is 12.8. The highest BCUT2D eigenvalue weighted by Gasteiger charge is 2.52. The first-order valence-corrected chi connectivity index (χ1v) is 11.6. The Morgan fingerprint density at radius 3 is 1.86 bits per heavy atom. The van der Waals surface area contributed by atoms with Crippen molar-refractivity contribution in [3.8, 4) is 0 Å². The van der Waals surface area contributed by atoms with Crippen molar-refractivity contribution in [3.05, 3.63) is 0 Å². The largest absolute Gasteiger partial charge is 0.394 e. The highest BCUT2D eigenvalue weighted by atomic mass is 16.7. The van der Waals surface area contributed by atoms with Crippen LogP contribution in [0.15, 0.2) is 0 Å². The molecular weight excluding hydrogens is 510 g/mol. The maximum absolute atomic E-state index is 11.8. The van der Waals surface area contributed by atoms with E-state index >= 15 is 0 Å². The minimum Gasteiger partial charge on any atom is -0.394 e. The molecule has 0 spiro atoms. The van der Waals surface area contributed by atoms with Gasteiger partial charge in [0.1, 0.15) is 73.2 Å². The van der Waals surface area contributed by atoms with Gasteiger partial charge in [-0.3, -0.25) is 4.79 Å². The van der Waals surface area contributed by atoms with Gasteiger partial charge in [-0.15, -0.1) is 0 Å². The number of aliphatic hydroxyl groups excluding tert-OH is 10. The third kappa shape index (κ3) is 6.55. The van der Waals surface area contributed by atoms with Crippen molar-refractivity contribution in [1.82, 2.24) is 5.32 Å².